The lowest BCUT2D eigenvalue weighted by Crippen LogP contribution is -2.18. The molecule has 1 aromatic heterocycles. The first-order chi connectivity index (χ1) is 14.4. The molecule has 0 saturated carbocycles. The highest BCUT2D eigenvalue weighted by Crippen LogP contribution is 2.33. The predicted molar refractivity (Wildman–Crippen MR) is 123 cm³/mol. The van der Waals surface area contributed by atoms with E-state index in [1.54, 1.807) is 31.3 Å². The van der Waals surface area contributed by atoms with Crippen LogP contribution in [0.3, 0.4) is 0 Å². The molecule has 2 amide bonds. The number of amides is 2. The zero-order chi connectivity index (χ0) is 21.7. The Balaban J connectivity index is 1.54. The van der Waals surface area contributed by atoms with Crippen LogP contribution in [0.5, 0.6) is 0 Å². The van der Waals surface area contributed by atoms with Gasteiger partial charge in [0, 0.05) is 18.3 Å². The Morgan fingerprint density at radius 3 is 2.53 bits per heavy atom. The van der Waals surface area contributed by atoms with Crippen LogP contribution < -0.4 is 16.0 Å². The molecule has 0 aliphatic heterocycles. The Kier molecular flexibility index (Phi) is 7.30. The molecule has 1 heterocycles. The van der Waals surface area contributed by atoms with Crippen LogP contribution in [0.2, 0.25) is 5.02 Å². The van der Waals surface area contributed by atoms with Crippen molar-refractivity contribution in [3.05, 3.63) is 58.1 Å². The maximum absolute atomic E-state index is 12.2. The highest BCUT2D eigenvalue weighted by atomic mass is 35.5. The summed E-state index contributed by atoms with van der Waals surface area (Å²) >= 11 is 8.97. The minimum atomic E-state index is -0.175. The zero-order valence-electron chi connectivity index (χ0n) is 16.6. The van der Waals surface area contributed by atoms with Crippen molar-refractivity contribution in [2.75, 3.05) is 23.4 Å². The first-order valence-electron chi connectivity index (χ1n) is 8.98. The lowest BCUT2D eigenvalue weighted by Gasteiger charge is -2.09. The molecule has 2 aromatic carbocycles. The molecular formula is C20H20ClN5O2S2. The first kappa shape index (κ1) is 22.1. The Morgan fingerprint density at radius 1 is 1.13 bits per heavy atom. The van der Waals surface area contributed by atoms with E-state index in [1.165, 1.54) is 23.1 Å². The fourth-order valence-electron chi connectivity index (χ4n) is 2.67. The molecular weight excluding hydrogens is 442 g/mol. The van der Waals surface area contributed by atoms with Crippen molar-refractivity contribution in [2.45, 2.75) is 18.2 Å². The second-order valence-electron chi connectivity index (χ2n) is 6.43. The van der Waals surface area contributed by atoms with Crippen LogP contribution in [0.4, 0.5) is 16.5 Å². The molecule has 3 aromatic rings. The average Bonchev–Trinajstić information content (AvgIpc) is 3.17. The molecule has 10 heteroatoms. The molecule has 0 atom stereocenters. The Morgan fingerprint density at radius 2 is 1.87 bits per heavy atom. The van der Waals surface area contributed by atoms with Crippen molar-refractivity contribution in [2.24, 2.45) is 0 Å². The van der Waals surface area contributed by atoms with Crippen LogP contribution >= 0.6 is 34.7 Å². The van der Waals surface area contributed by atoms with Gasteiger partial charge in [0.15, 0.2) is 4.34 Å². The predicted octanol–water partition coefficient (Wildman–Crippen LogP) is 4.64. The Bertz CT molecular complexity index is 1050. The van der Waals surface area contributed by atoms with Gasteiger partial charge in [-0.1, -0.05) is 40.8 Å². The number of rotatable bonds is 7. The van der Waals surface area contributed by atoms with Crippen LogP contribution in [0.1, 0.15) is 21.5 Å². The number of nitrogens with one attached hydrogen (secondary N) is 3. The molecule has 0 aliphatic carbocycles. The van der Waals surface area contributed by atoms with Crippen LogP contribution in [-0.2, 0) is 4.79 Å². The van der Waals surface area contributed by atoms with Gasteiger partial charge >= 0.3 is 0 Å². The van der Waals surface area contributed by atoms with Crippen LogP contribution in [-0.4, -0.2) is 34.8 Å². The largest absolute Gasteiger partial charge is 0.355 e. The fourth-order valence-corrected chi connectivity index (χ4v) is 4.60. The van der Waals surface area contributed by atoms with Crippen molar-refractivity contribution in [1.29, 1.82) is 0 Å². The molecule has 0 fully saturated rings. The van der Waals surface area contributed by atoms with Crippen molar-refractivity contribution in [3.63, 3.8) is 0 Å². The number of nitrogens with zero attached hydrogens (tertiary/aromatic N) is 2. The summed E-state index contributed by atoms with van der Waals surface area (Å²) in [7, 11) is 1.57. The van der Waals surface area contributed by atoms with E-state index < -0.39 is 0 Å². The summed E-state index contributed by atoms with van der Waals surface area (Å²) in [4.78, 5) is 23.7. The maximum Gasteiger partial charge on any atom is 0.251 e. The third-order valence-electron chi connectivity index (χ3n) is 4.05. The van der Waals surface area contributed by atoms with E-state index in [-0.39, 0.29) is 17.6 Å². The summed E-state index contributed by atoms with van der Waals surface area (Å²) in [5.74, 6) is -0.156. The molecule has 0 saturated heterocycles. The molecule has 3 N–H and O–H groups in total. The van der Waals surface area contributed by atoms with E-state index in [1.807, 2.05) is 26.0 Å². The molecule has 7 nitrogen and oxygen atoms in total. The summed E-state index contributed by atoms with van der Waals surface area (Å²) in [6.45, 7) is 3.97. The maximum atomic E-state index is 12.2. The quantitative estimate of drug-likeness (QED) is 0.443. The van der Waals surface area contributed by atoms with Gasteiger partial charge in [0.05, 0.1) is 16.5 Å². The van der Waals surface area contributed by atoms with Gasteiger partial charge in [0.1, 0.15) is 0 Å². The number of thioether (sulfide) groups is 1. The number of carbonyl (C=O) groups is 2. The Labute approximate surface area is 187 Å². The standard InChI is InChI=1S/C20H20ClN5O2S2/c1-11-8-12(2)17(15(21)9-11)24-19-25-26-20(30-19)29-10-16(27)23-14-6-4-13(5-7-14)18(28)22-3/h4-9H,10H2,1-3H3,(H,22,28)(H,23,27)(H,24,25). The molecule has 156 valence electrons. The zero-order valence-corrected chi connectivity index (χ0v) is 19.0. The van der Waals surface area contributed by atoms with Crippen LogP contribution in [0.25, 0.3) is 0 Å². The summed E-state index contributed by atoms with van der Waals surface area (Å²) in [6.07, 6.45) is 0. The fraction of sp³-hybridized carbons (Fsp3) is 0.200. The highest BCUT2D eigenvalue weighted by Gasteiger charge is 2.12. The molecule has 3 rings (SSSR count). The number of hydrogen-bond donors (Lipinski definition) is 3. The van der Waals surface area contributed by atoms with Crippen molar-refractivity contribution < 1.29 is 9.59 Å². The average molecular weight is 462 g/mol. The highest BCUT2D eigenvalue weighted by molar-refractivity contribution is 8.01. The summed E-state index contributed by atoms with van der Waals surface area (Å²) in [6, 6.07) is 10.6. The van der Waals surface area contributed by atoms with Gasteiger partial charge in [0.25, 0.3) is 5.91 Å². The monoisotopic (exact) mass is 461 g/mol. The number of halogens is 1. The topological polar surface area (TPSA) is 96.0 Å². The lowest BCUT2D eigenvalue weighted by molar-refractivity contribution is -0.113. The number of carbonyl (C=O) groups excluding carboxylic acids is 2. The van der Waals surface area contributed by atoms with Gasteiger partial charge in [0.2, 0.25) is 11.0 Å². The third-order valence-corrected chi connectivity index (χ3v) is 6.32. The van der Waals surface area contributed by atoms with Gasteiger partial charge in [-0.2, -0.15) is 0 Å². The van der Waals surface area contributed by atoms with Gasteiger partial charge in [-0.3, -0.25) is 9.59 Å². The van der Waals surface area contributed by atoms with Crippen LogP contribution in [0.15, 0.2) is 40.7 Å². The van der Waals surface area contributed by atoms with Gasteiger partial charge < -0.3 is 16.0 Å². The number of anilines is 3. The van der Waals surface area contributed by atoms with E-state index in [9.17, 15) is 9.59 Å². The van der Waals surface area contributed by atoms with Gasteiger partial charge in [-0.15, -0.1) is 10.2 Å². The van der Waals surface area contributed by atoms with Crippen molar-refractivity contribution in [3.8, 4) is 0 Å². The normalized spacial score (nSPS) is 10.5. The van der Waals surface area contributed by atoms with E-state index in [0.29, 0.717) is 25.7 Å². The molecule has 0 spiro atoms. The van der Waals surface area contributed by atoms with Gasteiger partial charge in [-0.25, -0.2) is 0 Å². The number of hydrogen-bond acceptors (Lipinski definition) is 7. The second-order valence-corrected chi connectivity index (χ2v) is 9.04. The van der Waals surface area contributed by atoms with Gasteiger partial charge in [-0.05, 0) is 55.3 Å². The molecule has 0 aliphatic rings. The lowest BCUT2D eigenvalue weighted by atomic mass is 10.1. The minimum absolute atomic E-state index is 0.171. The van der Waals surface area contributed by atoms with E-state index in [0.717, 1.165) is 16.8 Å². The van der Waals surface area contributed by atoms with Crippen molar-refractivity contribution >= 4 is 63.0 Å². The molecule has 0 radical (unpaired) electrons. The van der Waals surface area contributed by atoms with Crippen molar-refractivity contribution in [1.82, 2.24) is 15.5 Å². The smallest absolute Gasteiger partial charge is 0.251 e. The van der Waals surface area contributed by atoms with E-state index in [4.69, 9.17) is 11.6 Å². The summed E-state index contributed by atoms with van der Waals surface area (Å²) < 4.78 is 0.670. The third kappa shape index (κ3) is 5.71. The van der Waals surface area contributed by atoms with E-state index >= 15 is 0 Å². The number of aromatic nitrogens is 2. The summed E-state index contributed by atoms with van der Waals surface area (Å²) in [5, 5.41) is 18.0. The SMILES string of the molecule is CNC(=O)c1ccc(NC(=O)CSc2nnc(Nc3c(C)cc(C)cc3Cl)s2)cc1. The molecule has 0 unspecified atom stereocenters. The molecule has 30 heavy (non-hydrogen) atoms. The minimum Gasteiger partial charge on any atom is -0.355 e. The second kappa shape index (κ2) is 9.92. The van der Waals surface area contributed by atoms with E-state index in [2.05, 4.69) is 26.1 Å². The summed E-state index contributed by atoms with van der Waals surface area (Å²) in [5.41, 5.74) is 4.06. The number of benzene rings is 2. The Hall–Kier alpha value is -2.62. The first-order valence-corrected chi connectivity index (χ1v) is 11.2. The molecule has 0 bridgehead atoms. The van der Waals surface area contributed by atoms with Crippen LogP contribution in [0, 0.1) is 13.8 Å². The number of aryl methyl sites for hydroxylation is 2.